The second-order valence-corrected chi connectivity index (χ2v) is 4.99. The molecule has 2 heteroatoms. The average molecular weight is 244 g/mol. The van der Waals surface area contributed by atoms with Crippen molar-refractivity contribution < 1.29 is 9.53 Å². The number of carbonyl (C=O) groups is 1. The summed E-state index contributed by atoms with van der Waals surface area (Å²) < 4.78 is 5.28. The summed E-state index contributed by atoms with van der Waals surface area (Å²) in [4.78, 5) is 11.7. The summed E-state index contributed by atoms with van der Waals surface area (Å²) in [5, 5.41) is 0. The molecule has 0 bridgehead atoms. The Labute approximate surface area is 109 Å². The Balaban J connectivity index is 1.74. The van der Waals surface area contributed by atoms with E-state index >= 15 is 0 Å². The van der Waals surface area contributed by atoms with E-state index in [1.165, 1.54) is 18.4 Å². The van der Waals surface area contributed by atoms with Crippen LogP contribution in [-0.4, -0.2) is 12.6 Å². The molecule has 0 radical (unpaired) electrons. The normalized spacial score (nSPS) is 19.2. The molecule has 0 fully saturated rings. The molecule has 2 rings (SSSR count). The molecule has 1 aliphatic rings. The molecule has 0 aliphatic heterocycles. The van der Waals surface area contributed by atoms with Crippen LogP contribution in [0.25, 0.3) is 0 Å². The Morgan fingerprint density at radius 1 is 1.33 bits per heavy atom. The molecule has 0 amide bonds. The molecule has 0 saturated heterocycles. The van der Waals surface area contributed by atoms with E-state index in [1.807, 2.05) is 18.2 Å². The lowest BCUT2D eigenvalue weighted by Gasteiger charge is -2.18. The minimum Gasteiger partial charge on any atom is -0.462 e. The average Bonchev–Trinajstić information content (AvgIpc) is 2.42. The van der Waals surface area contributed by atoms with Crippen LogP contribution < -0.4 is 0 Å². The zero-order valence-corrected chi connectivity index (χ0v) is 10.9. The first-order valence-corrected chi connectivity index (χ1v) is 6.66. The van der Waals surface area contributed by atoms with Gasteiger partial charge in [0, 0.05) is 6.42 Å². The van der Waals surface area contributed by atoms with Crippen molar-refractivity contribution in [2.75, 3.05) is 6.61 Å². The molecule has 1 aromatic carbocycles. The third kappa shape index (κ3) is 3.73. The first-order chi connectivity index (χ1) is 8.75. The Morgan fingerprint density at radius 3 is 2.78 bits per heavy atom. The molecular formula is C16H20O2. The van der Waals surface area contributed by atoms with Gasteiger partial charge in [-0.3, -0.25) is 0 Å². The van der Waals surface area contributed by atoms with Crippen molar-refractivity contribution in [2.45, 2.75) is 32.6 Å². The van der Waals surface area contributed by atoms with Gasteiger partial charge in [-0.05, 0) is 37.3 Å². The molecule has 0 heterocycles. The van der Waals surface area contributed by atoms with Gasteiger partial charge in [0.1, 0.15) is 0 Å². The largest absolute Gasteiger partial charge is 0.462 e. The fourth-order valence-electron chi connectivity index (χ4n) is 2.18. The predicted octanol–water partition coefficient (Wildman–Crippen LogP) is 3.98. The Bertz CT molecular complexity index is 420. The van der Waals surface area contributed by atoms with Crippen molar-refractivity contribution in [2.24, 2.45) is 5.92 Å². The summed E-state index contributed by atoms with van der Waals surface area (Å²) in [7, 11) is 0. The van der Waals surface area contributed by atoms with Crippen molar-refractivity contribution in [3.8, 4) is 0 Å². The van der Waals surface area contributed by atoms with Gasteiger partial charge in [0.25, 0.3) is 0 Å². The SMILES string of the molecule is C[C@H]1CC=C(CCOC(=O)c2ccccc2)CC1. The van der Waals surface area contributed by atoms with Gasteiger partial charge >= 0.3 is 5.97 Å². The Morgan fingerprint density at radius 2 is 2.11 bits per heavy atom. The predicted molar refractivity (Wildman–Crippen MR) is 72.4 cm³/mol. The second kappa shape index (κ2) is 6.39. The monoisotopic (exact) mass is 244 g/mol. The first-order valence-electron chi connectivity index (χ1n) is 6.66. The van der Waals surface area contributed by atoms with Crippen LogP contribution in [0.15, 0.2) is 42.0 Å². The maximum atomic E-state index is 11.7. The zero-order valence-electron chi connectivity index (χ0n) is 10.9. The topological polar surface area (TPSA) is 26.3 Å². The van der Waals surface area contributed by atoms with Gasteiger partial charge in [-0.15, -0.1) is 0 Å². The van der Waals surface area contributed by atoms with E-state index in [-0.39, 0.29) is 5.97 Å². The number of rotatable bonds is 4. The number of hydrogen-bond donors (Lipinski definition) is 0. The van der Waals surface area contributed by atoms with E-state index in [0.717, 1.165) is 18.8 Å². The van der Waals surface area contributed by atoms with Gasteiger partial charge in [0.15, 0.2) is 0 Å². The summed E-state index contributed by atoms with van der Waals surface area (Å²) in [6.07, 6.45) is 6.78. The van der Waals surface area contributed by atoms with Crippen LogP contribution in [0.1, 0.15) is 43.0 Å². The van der Waals surface area contributed by atoms with E-state index in [4.69, 9.17) is 4.74 Å². The van der Waals surface area contributed by atoms with Crippen molar-refractivity contribution in [3.63, 3.8) is 0 Å². The third-order valence-electron chi connectivity index (χ3n) is 3.43. The molecule has 0 saturated carbocycles. The molecule has 1 atom stereocenters. The van der Waals surface area contributed by atoms with Gasteiger partial charge in [0.2, 0.25) is 0 Å². The minimum absolute atomic E-state index is 0.222. The van der Waals surface area contributed by atoms with E-state index < -0.39 is 0 Å². The fraction of sp³-hybridized carbons (Fsp3) is 0.438. The maximum absolute atomic E-state index is 11.7. The molecule has 0 spiro atoms. The highest BCUT2D eigenvalue weighted by Crippen LogP contribution is 2.24. The number of allylic oxidation sites excluding steroid dienone is 1. The van der Waals surface area contributed by atoms with Crippen molar-refractivity contribution in [3.05, 3.63) is 47.5 Å². The van der Waals surface area contributed by atoms with Crippen LogP contribution in [0.2, 0.25) is 0 Å². The minimum atomic E-state index is -0.222. The van der Waals surface area contributed by atoms with E-state index in [1.54, 1.807) is 12.1 Å². The maximum Gasteiger partial charge on any atom is 0.338 e. The van der Waals surface area contributed by atoms with Crippen LogP contribution in [0.4, 0.5) is 0 Å². The van der Waals surface area contributed by atoms with Crippen molar-refractivity contribution in [1.82, 2.24) is 0 Å². The van der Waals surface area contributed by atoms with Gasteiger partial charge in [-0.25, -0.2) is 4.79 Å². The molecular weight excluding hydrogens is 224 g/mol. The zero-order chi connectivity index (χ0) is 12.8. The van der Waals surface area contributed by atoms with Crippen LogP contribution in [-0.2, 0) is 4.74 Å². The van der Waals surface area contributed by atoms with Crippen LogP contribution in [0.5, 0.6) is 0 Å². The number of ether oxygens (including phenoxy) is 1. The van der Waals surface area contributed by atoms with Gasteiger partial charge in [-0.1, -0.05) is 36.8 Å². The molecule has 96 valence electrons. The quantitative estimate of drug-likeness (QED) is 0.591. The van der Waals surface area contributed by atoms with Gasteiger partial charge in [-0.2, -0.15) is 0 Å². The summed E-state index contributed by atoms with van der Waals surface area (Å²) in [5.74, 6) is 0.584. The lowest BCUT2D eigenvalue weighted by Crippen LogP contribution is -2.08. The van der Waals surface area contributed by atoms with E-state index in [2.05, 4.69) is 13.0 Å². The van der Waals surface area contributed by atoms with Crippen molar-refractivity contribution in [1.29, 1.82) is 0 Å². The highest BCUT2D eigenvalue weighted by atomic mass is 16.5. The third-order valence-corrected chi connectivity index (χ3v) is 3.43. The first kappa shape index (κ1) is 12.9. The molecule has 1 aromatic rings. The highest BCUT2D eigenvalue weighted by Gasteiger charge is 2.11. The molecule has 0 unspecified atom stereocenters. The molecule has 0 aromatic heterocycles. The standard InChI is InChI=1S/C16H20O2/c1-13-7-9-14(10-8-13)11-12-18-16(17)15-5-3-2-4-6-15/h2-6,9,13H,7-8,10-12H2,1H3/t13-/m0/s1. The van der Waals surface area contributed by atoms with Crippen molar-refractivity contribution >= 4 is 5.97 Å². The highest BCUT2D eigenvalue weighted by molar-refractivity contribution is 5.89. The van der Waals surface area contributed by atoms with Crippen LogP contribution in [0, 0.1) is 5.92 Å². The molecule has 0 N–H and O–H groups in total. The Hall–Kier alpha value is -1.57. The Kier molecular flexibility index (Phi) is 4.57. The molecule has 18 heavy (non-hydrogen) atoms. The fourth-order valence-corrected chi connectivity index (χ4v) is 2.18. The number of benzene rings is 1. The van der Waals surface area contributed by atoms with Crippen LogP contribution >= 0.6 is 0 Å². The van der Waals surface area contributed by atoms with Gasteiger partial charge in [0.05, 0.1) is 12.2 Å². The van der Waals surface area contributed by atoms with E-state index in [9.17, 15) is 4.79 Å². The number of hydrogen-bond acceptors (Lipinski definition) is 2. The smallest absolute Gasteiger partial charge is 0.338 e. The lowest BCUT2D eigenvalue weighted by atomic mass is 9.90. The number of esters is 1. The molecule has 1 aliphatic carbocycles. The van der Waals surface area contributed by atoms with Gasteiger partial charge < -0.3 is 4.74 Å². The van der Waals surface area contributed by atoms with E-state index in [0.29, 0.717) is 12.2 Å². The summed E-state index contributed by atoms with van der Waals surface area (Å²) in [6.45, 7) is 2.77. The summed E-state index contributed by atoms with van der Waals surface area (Å²) in [6, 6.07) is 9.15. The lowest BCUT2D eigenvalue weighted by molar-refractivity contribution is 0.0508. The molecule has 2 nitrogen and oxygen atoms in total. The summed E-state index contributed by atoms with van der Waals surface area (Å²) >= 11 is 0. The summed E-state index contributed by atoms with van der Waals surface area (Å²) in [5.41, 5.74) is 2.07. The number of carbonyl (C=O) groups excluding carboxylic acids is 1. The van der Waals surface area contributed by atoms with Crippen LogP contribution in [0.3, 0.4) is 0 Å². The second-order valence-electron chi connectivity index (χ2n) is 4.99.